The zero-order valence-electron chi connectivity index (χ0n) is 20.7. The Morgan fingerprint density at radius 2 is 1.92 bits per heavy atom. The highest BCUT2D eigenvalue weighted by Gasteiger charge is 2.43. The van der Waals surface area contributed by atoms with E-state index in [0.29, 0.717) is 17.0 Å². The molecule has 0 unspecified atom stereocenters. The molecule has 1 amide bonds. The van der Waals surface area contributed by atoms with Crippen molar-refractivity contribution in [2.75, 3.05) is 25.5 Å². The smallest absolute Gasteiger partial charge is 0.409 e. The number of benzene rings is 1. The van der Waals surface area contributed by atoms with Crippen LogP contribution in [0.4, 0.5) is 19.4 Å². The fourth-order valence-electron chi connectivity index (χ4n) is 4.38. The molecule has 0 radical (unpaired) electrons. The number of carboxylic acids is 1. The van der Waals surface area contributed by atoms with Crippen molar-refractivity contribution >= 4 is 17.9 Å². The van der Waals surface area contributed by atoms with Gasteiger partial charge in [-0.3, -0.25) is 4.68 Å². The van der Waals surface area contributed by atoms with Crippen LogP contribution < -0.4 is 5.32 Å². The van der Waals surface area contributed by atoms with Gasteiger partial charge in [0, 0.05) is 24.7 Å². The molecule has 1 aromatic carbocycles. The van der Waals surface area contributed by atoms with Crippen LogP contribution >= 0.6 is 0 Å². The molecule has 4 heterocycles. The van der Waals surface area contributed by atoms with Gasteiger partial charge in [-0.2, -0.15) is 5.10 Å². The van der Waals surface area contributed by atoms with Crippen LogP contribution in [0.15, 0.2) is 53.4 Å². The van der Waals surface area contributed by atoms with E-state index in [2.05, 4.69) is 25.5 Å². The third-order valence-electron chi connectivity index (χ3n) is 6.55. The molecule has 12 nitrogen and oxygen atoms in total. The van der Waals surface area contributed by atoms with E-state index in [1.54, 1.807) is 30.3 Å². The number of amides is 1. The summed E-state index contributed by atoms with van der Waals surface area (Å²) >= 11 is 0. The fraction of sp³-hybridized carbons (Fsp3) is 0.280. The predicted octanol–water partition coefficient (Wildman–Crippen LogP) is 3.42. The third kappa shape index (κ3) is 5.12. The van der Waals surface area contributed by atoms with Gasteiger partial charge in [-0.1, -0.05) is 23.4 Å². The lowest BCUT2D eigenvalue weighted by molar-refractivity contribution is -0.144. The van der Waals surface area contributed by atoms with Crippen molar-refractivity contribution in [2.24, 2.45) is 0 Å². The summed E-state index contributed by atoms with van der Waals surface area (Å²) in [7, 11) is 1.24. The number of carboxylic acid groups (broad SMARTS) is 1. The number of hydrogen-bond donors (Lipinski definition) is 2. The Morgan fingerprint density at radius 1 is 1.15 bits per heavy atom. The number of piperidine rings is 1. The van der Waals surface area contributed by atoms with Crippen LogP contribution in [0.3, 0.4) is 0 Å². The number of aromatic nitrogens is 5. The molecule has 4 aromatic rings. The number of rotatable bonds is 7. The molecule has 202 valence electrons. The number of anilines is 1. The van der Waals surface area contributed by atoms with Crippen molar-refractivity contribution in [3.63, 3.8) is 0 Å². The largest absolute Gasteiger partial charge is 0.480 e. The topological polar surface area (TPSA) is 148 Å². The number of methoxy groups -OCH3 is 1. The van der Waals surface area contributed by atoms with E-state index < -0.39 is 29.2 Å². The lowest BCUT2D eigenvalue weighted by atomic mass is 9.87. The summed E-state index contributed by atoms with van der Waals surface area (Å²) in [6.07, 6.45) is 1.70. The van der Waals surface area contributed by atoms with Gasteiger partial charge in [-0.25, -0.2) is 28.3 Å². The number of carbonyl (C=O) groups excluding carboxylic acids is 1. The summed E-state index contributed by atoms with van der Waals surface area (Å²) in [5, 5.41) is 21.2. The van der Waals surface area contributed by atoms with Gasteiger partial charge < -0.3 is 24.6 Å². The van der Waals surface area contributed by atoms with E-state index >= 15 is 0 Å². The minimum absolute atomic E-state index is 0.00321. The SMILES string of the molecule is COC(=O)N1CCC(Nc2nc(-c3cc(-c4ccon4)n(Cc4ccccc4F)n3)ncc2F)(C(=O)O)CC1. The van der Waals surface area contributed by atoms with Gasteiger partial charge in [0.2, 0.25) is 0 Å². The molecule has 2 N–H and O–H groups in total. The third-order valence-corrected chi connectivity index (χ3v) is 6.55. The maximum atomic E-state index is 14.8. The van der Waals surface area contributed by atoms with Crippen molar-refractivity contribution in [3.8, 4) is 22.9 Å². The average molecular weight is 539 g/mol. The summed E-state index contributed by atoms with van der Waals surface area (Å²) in [6, 6.07) is 9.44. The number of hydrogen-bond acceptors (Lipinski definition) is 9. The van der Waals surface area contributed by atoms with E-state index in [1.165, 1.54) is 29.0 Å². The first-order valence-corrected chi connectivity index (χ1v) is 11.9. The van der Waals surface area contributed by atoms with Crippen molar-refractivity contribution in [1.82, 2.24) is 29.8 Å². The van der Waals surface area contributed by atoms with E-state index in [0.717, 1.165) is 6.20 Å². The first-order chi connectivity index (χ1) is 18.8. The van der Waals surface area contributed by atoms with Gasteiger partial charge in [0.15, 0.2) is 17.5 Å². The molecule has 14 heteroatoms. The zero-order valence-corrected chi connectivity index (χ0v) is 20.7. The van der Waals surface area contributed by atoms with Crippen LogP contribution in [-0.4, -0.2) is 72.7 Å². The highest BCUT2D eigenvalue weighted by Crippen LogP contribution is 2.30. The van der Waals surface area contributed by atoms with Gasteiger partial charge in [0.25, 0.3) is 0 Å². The quantitative estimate of drug-likeness (QED) is 0.358. The molecule has 0 bridgehead atoms. The monoisotopic (exact) mass is 539 g/mol. The second-order valence-corrected chi connectivity index (χ2v) is 8.91. The molecule has 0 aliphatic carbocycles. The maximum absolute atomic E-state index is 14.8. The van der Waals surface area contributed by atoms with Crippen LogP contribution in [-0.2, 0) is 16.1 Å². The minimum Gasteiger partial charge on any atom is -0.480 e. The lowest BCUT2D eigenvalue weighted by Gasteiger charge is -2.38. The van der Waals surface area contributed by atoms with Gasteiger partial charge >= 0.3 is 12.1 Å². The summed E-state index contributed by atoms with van der Waals surface area (Å²) in [5.74, 6) is -2.82. The molecular formula is C25H23F2N7O5. The van der Waals surface area contributed by atoms with Crippen molar-refractivity contribution in [1.29, 1.82) is 0 Å². The first kappa shape index (κ1) is 25.8. The van der Waals surface area contributed by atoms with Gasteiger partial charge in [0.1, 0.15) is 29.0 Å². The van der Waals surface area contributed by atoms with Crippen LogP contribution in [0.1, 0.15) is 18.4 Å². The molecule has 1 fully saturated rings. The standard InChI is InChI=1S/C25H23F2N7O5/c1-38-24(37)33-9-7-25(8-10-33,23(35)36)30-21-17(27)13-28-22(29-21)19-12-20(18-6-11-39-32-18)34(31-19)14-15-4-2-3-5-16(15)26/h2-6,11-13H,7-10,14H2,1H3,(H,35,36)(H,28,29,30). The van der Waals surface area contributed by atoms with Gasteiger partial charge in [0.05, 0.1) is 25.5 Å². The second kappa shape index (κ2) is 10.5. The van der Waals surface area contributed by atoms with Gasteiger partial charge in [-0.05, 0) is 25.0 Å². The lowest BCUT2D eigenvalue weighted by Crippen LogP contribution is -2.55. The van der Waals surface area contributed by atoms with Gasteiger partial charge in [-0.15, -0.1) is 0 Å². The van der Waals surface area contributed by atoms with Crippen LogP contribution in [0.25, 0.3) is 22.9 Å². The maximum Gasteiger partial charge on any atom is 0.409 e. The minimum atomic E-state index is -1.58. The van der Waals surface area contributed by atoms with E-state index in [9.17, 15) is 23.5 Å². The Balaban J connectivity index is 1.47. The molecule has 0 spiro atoms. The number of nitrogens with zero attached hydrogens (tertiary/aromatic N) is 6. The summed E-state index contributed by atoms with van der Waals surface area (Å²) in [6.45, 7) is 0.236. The molecule has 1 aliphatic rings. The van der Waals surface area contributed by atoms with Crippen molar-refractivity contribution in [2.45, 2.75) is 24.9 Å². The number of aliphatic carboxylic acids is 1. The van der Waals surface area contributed by atoms with E-state index in [1.807, 2.05) is 0 Å². The number of carbonyl (C=O) groups is 2. The Hall–Kier alpha value is -4.88. The molecule has 39 heavy (non-hydrogen) atoms. The van der Waals surface area contributed by atoms with Crippen LogP contribution in [0.5, 0.6) is 0 Å². The van der Waals surface area contributed by atoms with Crippen LogP contribution in [0.2, 0.25) is 0 Å². The molecule has 0 saturated carbocycles. The Bertz CT molecular complexity index is 1500. The van der Waals surface area contributed by atoms with Crippen molar-refractivity contribution in [3.05, 3.63) is 66.1 Å². The zero-order chi connectivity index (χ0) is 27.6. The highest BCUT2D eigenvalue weighted by atomic mass is 19.1. The van der Waals surface area contributed by atoms with Crippen molar-refractivity contribution < 1.29 is 32.7 Å². The summed E-state index contributed by atoms with van der Waals surface area (Å²) < 4.78 is 40.3. The predicted molar refractivity (Wildman–Crippen MR) is 131 cm³/mol. The highest BCUT2D eigenvalue weighted by molar-refractivity contribution is 5.83. The molecule has 1 aliphatic heterocycles. The number of halogens is 2. The Labute approximate surface area is 220 Å². The molecule has 0 atom stereocenters. The Kier molecular flexibility index (Phi) is 6.92. The van der Waals surface area contributed by atoms with E-state index in [-0.39, 0.29) is 49.8 Å². The summed E-state index contributed by atoms with van der Waals surface area (Å²) in [4.78, 5) is 33.7. The first-order valence-electron chi connectivity index (χ1n) is 11.9. The fourth-order valence-corrected chi connectivity index (χ4v) is 4.38. The average Bonchev–Trinajstić information content (AvgIpc) is 3.61. The molecule has 3 aromatic heterocycles. The number of nitrogens with one attached hydrogen (secondary N) is 1. The number of likely N-dealkylation sites (tertiary alicyclic amines) is 1. The summed E-state index contributed by atoms with van der Waals surface area (Å²) in [5.41, 5.74) is -0.0832. The molecule has 5 rings (SSSR count). The second-order valence-electron chi connectivity index (χ2n) is 8.91. The number of ether oxygens (including phenoxy) is 1. The van der Waals surface area contributed by atoms with E-state index in [4.69, 9.17) is 9.26 Å². The van der Waals surface area contributed by atoms with Crippen LogP contribution in [0, 0.1) is 11.6 Å². The Morgan fingerprint density at radius 3 is 2.59 bits per heavy atom. The molecule has 1 saturated heterocycles. The molecular weight excluding hydrogens is 516 g/mol. The normalized spacial score (nSPS) is 14.7.